The van der Waals surface area contributed by atoms with Crippen molar-refractivity contribution in [2.24, 2.45) is 0 Å². The van der Waals surface area contributed by atoms with Crippen LogP contribution in [0.25, 0.3) is 0 Å². The minimum atomic E-state index is -3.68. The van der Waals surface area contributed by atoms with Gasteiger partial charge in [-0.15, -0.1) is 0 Å². The molecule has 0 aliphatic heterocycles. The van der Waals surface area contributed by atoms with Gasteiger partial charge >= 0.3 is 5.92 Å². The summed E-state index contributed by atoms with van der Waals surface area (Å²) in [6, 6.07) is 10.6. The first-order valence-corrected chi connectivity index (χ1v) is 15.5. The van der Waals surface area contributed by atoms with Crippen LogP contribution < -0.4 is 5.32 Å². The quantitative estimate of drug-likeness (QED) is 0.258. The second-order valence-electron chi connectivity index (χ2n) is 9.86. The lowest BCUT2D eigenvalue weighted by molar-refractivity contribution is -0.141. The van der Waals surface area contributed by atoms with Crippen molar-refractivity contribution < 1.29 is 18.3 Å². The summed E-state index contributed by atoms with van der Waals surface area (Å²) >= 11 is 0. The molecule has 0 unspecified atom stereocenters. The third kappa shape index (κ3) is 6.82. The van der Waals surface area contributed by atoms with E-state index in [0.717, 1.165) is 42.2 Å². The maximum absolute atomic E-state index is 14.5. The highest BCUT2D eigenvalue weighted by atomic mass is 28.3. The summed E-state index contributed by atoms with van der Waals surface area (Å²) in [7, 11) is -1.16. The van der Waals surface area contributed by atoms with Crippen LogP contribution in [0, 0.1) is 0 Å². The number of aromatic nitrogens is 3. The molecule has 2 heterocycles. The van der Waals surface area contributed by atoms with Crippen LogP contribution in [0.2, 0.25) is 25.7 Å². The Morgan fingerprint density at radius 1 is 1.20 bits per heavy atom. The molecule has 1 N–H and O–H groups in total. The van der Waals surface area contributed by atoms with Gasteiger partial charge in [-0.1, -0.05) is 45.6 Å². The first-order chi connectivity index (χ1) is 16.5. The van der Waals surface area contributed by atoms with E-state index in [9.17, 15) is 13.6 Å². The van der Waals surface area contributed by atoms with Crippen LogP contribution in [0.1, 0.15) is 42.3 Å². The molecule has 0 saturated heterocycles. The normalized spacial score (nSPS) is 13.0. The van der Waals surface area contributed by atoms with E-state index >= 15 is 0 Å². The number of alkyl halides is 2. The molecule has 0 aliphatic carbocycles. The van der Waals surface area contributed by atoms with Gasteiger partial charge in [0.05, 0.1) is 12.0 Å². The van der Waals surface area contributed by atoms with Crippen molar-refractivity contribution in [3.8, 4) is 0 Å². The minimum absolute atomic E-state index is 0.00891. The van der Waals surface area contributed by atoms with Gasteiger partial charge in [-0.05, 0) is 42.3 Å². The second-order valence-corrected chi connectivity index (χ2v) is 15.5. The molecule has 0 saturated carbocycles. The smallest absolute Gasteiger partial charge is 0.351 e. The summed E-state index contributed by atoms with van der Waals surface area (Å²) in [5, 5.41) is 2.31. The van der Waals surface area contributed by atoms with Gasteiger partial charge in [0.25, 0.3) is 5.91 Å². The van der Waals surface area contributed by atoms with Crippen molar-refractivity contribution in [1.29, 1.82) is 0 Å². The fraction of sp³-hybridized carbons (Fsp3) is 0.423. The topological polar surface area (TPSA) is 69.0 Å². The number of amides is 1. The summed E-state index contributed by atoms with van der Waals surface area (Å²) in [6.45, 7) is 12.3. The molecule has 188 valence electrons. The van der Waals surface area contributed by atoms with Gasteiger partial charge in [-0.2, -0.15) is 8.78 Å². The Labute approximate surface area is 206 Å². The second kappa shape index (κ2) is 11.2. The number of pyridine rings is 1. The van der Waals surface area contributed by atoms with Crippen LogP contribution >= 0.6 is 0 Å². The van der Waals surface area contributed by atoms with Gasteiger partial charge < -0.3 is 14.6 Å². The molecule has 2 aromatic heterocycles. The number of rotatable bonds is 11. The van der Waals surface area contributed by atoms with E-state index in [1.165, 1.54) is 18.3 Å². The van der Waals surface area contributed by atoms with E-state index in [0.29, 0.717) is 12.4 Å². The first kappa shape index (κ1) is 26.7. The number of halogens is 2. The zero-order chi connectivity index (χ0) is 25.6. The summed E-state index contributed by atoms with van der Waals surface area (Å²) in [5.74, 6) is -5.07. The van der Waals surface area contributed by atoms with Gasteiger partial charge in [0.1, 0.15) is 6.73 Å². The van der Waals surface area contributed by atoms with E-state index in [-0.39, 0.29) is 5.92 Å². The van der Waals surface area contributed by atoms with Gasteiger partial charge in [-0.3, -0.25) is 9.78 Å². The number of hydrogen-bond donors (Lipinski definition) is 1. The number of nitrogens with zero attached hydrogens (tertiary/aromatic N) is 3. The molecule has 0 radical (unpaired) electrons. The third-order valence-corrected chi connectivity index (χ3v) is 7.61. The molecular weight excluding hydrogens is 466 g/mol. The fourth-order valence-electron chi connectivity index (χ4n) is 3.75. The molecule has 35 heavy (non-hydrogen) atoms. The number of benzene rings is 1. The zero-order valence-electron chi connectivity index (χ0n) is 21.0. The van der Waals surface area contributed by atoms with Gasteiger partial charge in [-0.25, -0.2) is 4.98 Å². The molecule has 0 spiro atoms. The maximum atomic E-state index is 14.5. The van der Waals surface area contributed by atoms with Gasteiger partial charge in [0.2, 0.25) is 0 Å². The standard InChI is InChI=1S/C26H34F2N4O2Si/c1-6-23-24(32(17-30-23)18-34-14-15-35(3,4)5)19(2)20-9-11-22(12-10-20)31-25(33)26(27,28)21-8-7-13-29-16-21/h7-13,16-17,19H,6,14-15,18H2,1-5H3,(H,31,33)/t19-/m1/s1. The van der Waals surface area contributed by atoms with Crippen molar-refractivity contribution in [1.82, 2.24) is 14.5 Å². The highest BCUT2D eigenvalue weighted by Crippen LogP contribution is 2.31. The highest BCUT2D eigenvalue weighted by Gasteiger charge is 2.41. The molecular formula is C26H34F2N4O2Si. The van der Waals surface area contributed by atoms with E-state index in [2.05, 4.69) is 48.8 Å². The largest absolute Gasteiger partial charge is 0.361 e. The van der Waals surface area contributed by atoms with Crippen LogP contribution in [0.4, 0.5) is 14.5 Å². The Kier molecular flexibility index (Phi) is 8.55. The molecule has 3 aromatic rings. The van der Waals surface area contributed by atoms with Crippen LogP contribution in [0.5, 0.6) is 0 Å². The average molecular weight is 501 g/mol. The number of imidazole rings is 1. The van der Waals surface area contributed by atoms with E-state index < -0.39 is 25.5 Å². The maximum Gasteiger partial charge on any atom is 0.351 e. The number of ether oxygens (including phenoxy) is 1. The van der Waals surface area contributed by atoms with Crippen molar-refractivity contribution >= 4 is 19.7 Å². The summed E-state index contributed by atoms with van der Waals surface area (Å²) < 4.78 is 36.9. The van der Waals surface area contributed by atoms with Crippen molar-refractivity contribution in [2.45, 2.75) is 64.5 Å². The lowest BCUT2D eigenvalue weighted by Crippen LogP contribution is -2.32. The molecule has 0 aliphatic rings. The molecule has 1 aromatic carbocycles. The summed E-state index contributed by atoms with van der Waals surface area (Å²) in [5.41, 5.74) is 2.91. The van der Waals surface area contributed by atoms with Gasteiger partial charge in [0.15, 0.2) is 0 Å². The molecule has 1 atom stereocenters. The van der Waals surface area contributed by atoms with E-state index in [1.807, 2.05) is 23.0 Å². The van der Waals surface area contributed by atoms with Gasteiger partial charge in [0, 0.05) is 49.9 Å². The SMILES string of the molecule is CCc1ncn(COCC[Si](C)(C)C)c1[C@H](C)c1ccc(NC(=O)C(F)(F)c2cccnc2)cc1. The Hall–Kier alpha value is -2.91. The van der Waals surface area contributed by atoms with E-state index in [1.54, 1.807) is 12.1 Å². The Morgan fingerprint density at radius 3 is 2.51 bits per heavy atom. The lowest BCUT2D eigenvalue weighted by atomic mass is 9.95. The first-order valence-electron chi connectivity index (χ1n) is 11.8. The predicted octanol–water partition coefficient (Wildman–Crippen LogP) is 6.04. The summed E-state index contributed by atoms with van der Waals surface area (Å²) in [6.07, 6.45) is 4.98. The number of hydrogen-bond acceptors (Lipinski definition) is 4. The monoisotopic (exact) mass is 500 g/mol. The number of carbonyl (C=O) groups excluding carboxylic acids is 1. The van der Waals surface area contributed by atoms with E-state index in [4.69, 9.17) is 4.74 Å². The average Bonchev–Trinajstić information content (AvgIpc) is 3.24. The summed E-state index contributed by atoms with van der Waals surface area (Å²) in [4.78, 5) is 20.5. The molecule has 3 rings (SSSR count). The number of anilines is 1. The fourth-order valence-corrected chi connectivity index (χ4v) is 4.51. The molecule has 0 fully saturated rings. The predicted molar refractivity (Wildman–Crippen MR) is 136 cm³/mol. The Morgan fingerprint density at radius 2 is 1.91 bits per heavy atom. The lowest BCUT2D eigenvalue weighted by Gasteiger charge is -2.19. The molecule has 6 nitrogen and oxygen atoms in total. The minimum Gasteiger partial charge on any atom is -0.361 e. The van der Waals surface area contributed by atoms with Crippen molar-refractivity contribution in [2.75, 3.05) is 11.9 Å². The number of nitrogens with one attached hydrogen (secondary N) is 1. The molecule has 1 amide bonds. The molecule has 0 bridgehead atoms. The van der Waals surface area contributed by atoms with Crippen LogP contribution in [-0.4, -0.2) is 35.1 Å². The van der Waals surface area contributed by atoms with Crippen LogP contribution in [0.3, 0.4) is 0 Å². The Balaban J connectivity index is 1.70. The Bertz CT molecular complexity index is 1110. The molecule has 9 heteroatoms. The van der Waals surface area contributed by atoms with Crippen LogP contribution in [-0.2, 0) is 28.6 Å². The number of carbonyl (C=O) groups is 1. The third-order valence-electron chi connectivity index (χ3n) is 5.91. The van der Waals surface area contributed by atoms with Crippen molar-refractivity contribution in [3.05, 3.63) is 77.6 Å². The van der Waals surface area contributed by atoms with Crippen molar-refractivity contribution in [3.63, 3.8) is 0 Å². The highest BCUT2D eigenvalue weighted by molar-refractivity contribution is 6.76. The van der Waals surface area contributed by atoms with Crippen LogP contribution in [0.15, 0.2) is 55.1 Å². The number of aryl methyl sites for hydroxylation is 1. The zero-order valence-corrected chi connectivity index (χ0v) is 22.0.